The third kappa shape index (κ3) is 3.74. The lowest BCUT2D eigenvalue weighted by Gasteiger charge is -2.28. The van der Waals surface area contributed by atoms with Gasteiger partial charge >= 0.3 is 6.18 Å². The van der Waals surface area contributed by atoms with E-state index in [1.807, 2.05) is 35.0 Å². The van der Waals surface area contributed by atoms with Crippen LogP contribution in [0.4, 0.5) is 19.0 Å². The van der Waals surface area contributed by atoms with Crippen LogP contribution in [-0.4, -0.2) is 40.7 Å². The highest BCUT2D eigenvalue weighted by molar-refractivity contribution is 5.81. The Bertz CT molecular complexity index is 1230. The van der Waals surface area contributed by atoms with E-state index in [0.717, 1.165) is 47.8 Å². The number of alkyl halides is 3. The molecule has 1 aromatic carbocycles. The Morgan fingerprint density at radius 1 is 0.903 bits per heavy atom. The molecular formula is C23H19F3N4O. The quantitative estimate of drug-likeness (QED) is 0.468. The molecule has 1 aliphatic rings. The number of benzene rings is 1. The number of hydrogen-bond donors (Lipinski definition) is 0. The number of ether oxygens (including phenoxy) is 1. The molecule has 158 valence electrons. The molecule has 0 saturated carbocycles. The Labute approximate surface area is 176 Å². The third-order valence-corrected chi connectivity index (χ3v) is 5.40. The second-order valence-corrected chi connectivity index (χ2v) is 7.34. The molecular weight excluding hydrogens is 405 g/mol. The first-order chi connectivity index (χ1) is 15.0. The van der Waals surface area contributed by atoms with Gasteiger partial charge in [-0.2, -0.15) is 13.2 Å². The minimum absolute atomic E-state index is 0.421. The summed E-state index contributed by atoms with van der Waals surface area (Å²) in [6.07, 6.45) is 0.977. The highest BCUT2D eigenvalue weighted by Gasteiger charge is 2.30. The van der Waals surface area contributed by atoms with Crippen LogP contribution in [0.3, 0.4) is 0 Å². The lowest BCUT2D eigenvalue weighted by atomic mass is 9.99. The van der Waals surface area contributed by atoms with Crippen LogP contribution in [0.2, 0.25) is 0 Å². The van der Waals surface area contributed by atoms with Gasteiger partial charge in [-0.3, -0.25) is 9.38 Å². The van der Waals surface area contributed by atoms with E-state index in [9.17, 15) is 13.2 Å². The molecule has 0 radical (unpaired) electrons. The number of rotatable bonds is 3. The molecule has 0 aliphatic carbocycles. The molecule has 0 N–H and O–H groups in total. The molecule has 0 bridgehead atoms. The summed E-state index contributed by atoms with van der Waals surface area (Å²) in [5, 5.41) is 0. The number of nitrogens with zero attached hydrogens (tertiary/aromatic N) is 4. The van der Waals surface area contributed by atoms with E-state index < -0.39 is 11.7 Å². The molecule has 5 rings (SSSR count). The van der Waals surface area contributed by atoms with Gasteiger partial charge in [0.25, 0.3) is 0 Å². The summed E-state index contributed by atoms with van der Waals surface area (Å²) in [6.45, 7) is 2.88. The standard InChI is InChI=1S/C23H19F3N4O/c24-23(25,26)18-4-1-3-16(13-18)22-19(5-2-8-27-22)17-6-7-20-28-14-21(30(20)15-17)29-9-11-31-12-10-29/h1-8,13-15H,9-12H2. The van der Waals surface area contributed by atoms with Crippen molar-refractivity contribution < 1.29 is 17.9 Å². The van der Waals surface area contributed by atoms with Gasteiger partial charge in [0.05, 0.1) is 30.7 Å². The van der Waals surface area contributed by atoms with E-state index in [4.69, 9.17) is 4.74 Å². The van der Waals surface area contributed by atoms with Crippen molar-refractivity contribution in [2.75, 3.05) is 31.2 Å². The van der Waals surface area contributed by atoms with Gasteiger partial charge < -0.3 is 9.64 Å². The van der Waals surface area contributed by atoms with E-state index in [1.165, 1.54) is 6.07 Å². The normalized spacial score (nSPS) is 14.9. The van der Waals surface area contributed by atoms with Gasteiger partial charge in [-0.25, -0.2) is 4.98 Å². The molecule has 4 aromatic rings. The van der Waals surface area contributed by atoms with Crippen LogP contribution < -0.4 is 4.90 Å². The summed E-state index contributed by atoms with van der Waals surface area (Å²) in [5.41, 5.74) is 2.63. The summed E-state index contributed by atoms with van der Waals surface area (Å²) in [5.74, 6) is 0.963. The van der Waals surface area contributed by atoms with Crippen molar-refractivity contribution >= 4 is 11.5 Å². The highest BCUT2D eigenvalue weighted by Crippen LogP contribution is 2.35. The minimum Gasteiger partial charge on any atom is -0.378 e. The molecule has 0 atom stereocenters. The molecule has 0 unspecified atom stereocenters. The van der Waals surface area contributed by atoms with Crippen LogP contribution >= 0.6 is 0 Å². The highest BCUT2D eigenvalue weighted by atomic mass is 19.4. The zero-order valence-electron chi connectivity index (χ0n) is 16.5. The number of imidazole rings is 1. The van der Waals surface area contributed by atoms with Crippen LogP contribution in [0, 0.1) is 0 Å². The predicted molar refractivity (Wildman–Crippen MR) is 112 cm³/mol. The number of morpholine rings is 1. The summed E-state index contributed by atoms with van der Waals surface area (Å²) < 4.78 is 47.1. The van der Waals surface area contributed by atoms with Gasteiger partial charge in [0.15, 0.2) is 0 Å². The first-order valence-electron chi connectivity index (χ1n) is 9.93. The number of anilines is 1. The Morgan fingerprint density at radius 2 is 1.74 bits per heavy atom. The van der Waals surface area contributed by atoms with E-state index in [0.29, 0.717) is 24.5 Å². The molecule has 1 fully saturated rings. The van der Waals surface area contributed by atoms with Gasteiger partial charge in [0, 0.05) is 42.2 Å². The minimum atomic E-state index is -4.41. The van der Waals surface area contributed by atoms with Crippen molar-refractivity contribution in [2.45, 2.75) is 6.18 Å². The van der Waals surface area contributed by atoms with Gasteiger partial charge in [0.1, 0.15) is 11.5 Å². The number of fused-ring (bicyclic) bond motifs is 1. The summed E-state index contributed by atoms with van der Waals surface area (Å²) >= 11 is 0. The Morgan fingerprint density at radius 3 is 2.55 bits per heavy atom. The average Bonchev–Trinajstić information content (AvgIpc) is 3.22. The fraction of sp³-hybridized carbons (Fsp3) is 0.217. The van der Waals surface area contributed by atoms with Crippen molar-refractivity contribution in [3.8, 4) is 22.4 Å². The largest absolute Gasteiger partial charge is 0.416 e. The van der Waals surface area contributed by atoms with Gasteiger partial charge in [0.2, 0.25) is 0 Å². The maximum atomic E-state index is 13.2. The predicted octanol–water partition coefficient (Wildman–Crippen LogP) is 4.92. The molecule has 1 saturated heterocycles. The van der Waals surface area contributed by atoms with Crippen molar-refractivity contribution in [3.63, 3.8) is 0 Å². The van der Waals surface area contributed by atoms with Crippen molar-refractivity contribution in [1.29, 1.82) is 0 Å². The monoisotopic (exact) mass is 424 g/mol. The number of halogens is 3. The molecule has 1 aliphatic heterocycles. The van der Waals surface area contributed by atoms with E-state index in [-0.39, 0.29) is 0 Å². The maximum Gasteiger partial charge on any atom is 0.416 e. The molecule has 4 heterocycles. The maximum absolute atomic E-state index is 13.2. The van der Waals surface area contributed by atoms with Crippen LogP contribution in [0.5, 0.6) is 0 Å². The molecule has 0 amide bonds. The Hall–Kier alpha value is -3.39. The fourth-order valence-corrected chi connectivity index (χ4v) is 3.86. The van der Waals surface area contributed by atoms with Crippen LogP contribution in [0.25, 0.3) is 28.0 Å². The fourth-order valence-electron chi connectivity index (χ4n) is 3.86. The molecule has 31 heavy (non-hydrogen) atoms. The lowest BCUT2D eigenvalue weighted by molar-refractivity contribution is -0.137. The zero-order valence-corrected chi connectivity index (χ0v) is 16.5. The topological polar surface area (TPSA) is 42.7 Å². The second kappa shape index (κ2) is 7.70. The number of aromatic nitrogens is 3. The third-order valence-electron chi connectivity index (χ3n) is 5.40. The lowest BCUT2D eigenvalue weighted by Crippen LogP contribution is -2.36. The Balaban J connectivity index is 1.60. The van der Waals surface area contributed by atoms with Crippen LogP contribution in [0.1, 0.15) is 5.56 Å². The van der Waals surface area contributed by atoms with Crippen LogP contribution in [0.15, 0.2) is 67.1 Å². The van der Waals surface area contributed by atoms with E-state index in [1.54, 1.807) is 18.3 Å². The molecule has 0 spiro atoms. The molecule has 3 aromatic heterocycles. The van der Waals surface area contributed by atoms with Crippen molar-refractivity contribution in [3.05, 3.63) is 72.7 Å². The second-order valence-electron chi connectivity index (χ2n) is 7.34. The number of hydrogen-bond acceptors (Lipinski definition) is 4. The summed E-state index contributed by atoms with van der Waals surface area (Å²) in [4.78, 5) is 11.1. The van der Waals surface area contributed by atoms with E-state index >= 15 is 0 Å². The van der Waals surface area contributed by atoms with E-state index in [2.05, 4.69) is 14.9 Å². The SMILES string of the molecule is FC(F)(F)c1cccc(-c2ncccc2-c2ccc3ncc(N4CCOCC4)n3c2)c1. The first kappa shape index (κ1) is 19.6. The van der Waals surface area contributed by atoms with Crippen molar-refractivity contribution in [1.82, 2.24) is 14.4 Å². The van der Waals surface area contributed by atoms with Crippen LogP contribution in [-0.2, 0) is 10.9 Å². The first-order valence-corrected chi connectivity index (χ1v) is 9.93. The van der Waals surface area contributed by atoms with Gasteiger partial charge in [-0.05, 0) is 30.3 Å². The van der Waals surface area contributed by atoms with Gasteiger partial charge in [-0.15, -0.1) is 0 Å². The smallest absolute Gasteiger partial charge is 0.378 e. The average molecular weight is 424 g/mol. The number of pyridine rings is 2. The summed E-state index contributed by atoms with van der Waals surface area (Å²) in [6, 6.07) is 12.7. The zero-order chi connectivity index (χ0) is 21.4. The molecule has 8 heteroatoms. The van der Waals surface area contributed by atoms with Gasteiger partial charge in [-0.1, -0.05) is 18.2 Å². The molecule has 5 nitrogen and oxygen atoms in total. The Kier molecular flexibility index (Phi) is 4.86. The summed E-state index contributed by atoms with van der Waals surface area (Å²) in [7, 11) is 0. The van der Waals surface area contributed by atoms with Crippen molar-refractivity contribution in [2.24, 2.45) is 0 Å².